The van der Waals surface area contributed by atoms with Gasteiger partial charge >= 0.3 is 6.09 Å². The molecule has 3 aliphatic heterocycles. The number of para-hydroxylation sites is 1. The summed E-state index contributed by atoms with van der Waals surface area (Å²) in [5.41, 5.74) is 12.3. The number of hydrogen-bond acceptors (Lipinski definition) is 12. The second-order valence-corrected chi connectivity index (χ2v) is 24.7. The average molecular weight is 1090 g/mol. The number of benzene rings is 3. The molecule has 3 aromatic carbocycles. The van der Waals surface area contributed by atoms with Gasteiger partial charge in [0.15, 0.2) is 5.78 Å². The van der Waals surface area contributed by atoms with Crippen LogP contribution in [0.2, 0.25) is 0 Å². The lowest BCUT2D eigenvalue weighted by molar-refractivity contribution is -0.143. The lowest BCUT2D eigenvalue weighted by Gasteiger charge is -2.35. The maximum atomic E-state index is 14.4. The summed E-state index contributed by atoms with van der Waals surface area (Å²) in [5.74, 6) is -1.48. The third-order valence-electron chi connectivity index (χ3n) is 15.4. The van der Waals surface area contributed by atoms with Crippen molar-refractivity contribution in [1.82, 2.24) is 25.8 Å². The van der Waals surface area contributed by atoms with Crippen LogP contribution in [0.15, 0.2) is 72.2 Å². The number of amides is 6. The average Bonchev–Trinajstić information content (AvgIpc) is 3.77. The standard InChI is InChI=1S/C60H77N7O10S/c1-36-52(78-35-62-36)39-19-22-41(23-20-39)60(27-28-60)32-48(69)46-31-43(68)33-66(46)56(74)53(58(2,3)4)65-50(71)18-10-8-9-13-37-14-11-17-44(29-37)76-34-42(24-26-49(61)70)63-54(72)47-30-40-16-12-15-38-21-25-45(55(73)67(47)51(38)40)64-57(75)77-59(5,6)7/h11-12,14-17,19-20,22-23,29,35,42-43,45-47,53,68H,8-10,13,18,21,24-28,30-34H2,1-7H3,(H2,61,70)(H,63,72)(H,64,75)(H,65,71)/t42-,43+,45-,46-,47-,53+/m0/s1. The van der Waals surface area contributed by atoms with Crippen molar-refractivity contribution in [2.75, 3.05) is 18.1 Å². The molecule has 8 rings (SSSR count). The monoisotopic (exact) mass is 1090 g/mol. The van der Waals surface area contributed by atoms with E-state index < -0.39 is 71.1 Å². The molecule has 0 radical (unpaired) electrons. The van der Waals surface area contributed by atoms with E-state index in [1.54, 1.807) is 32.1 Å². The number of primary amides is 1. The van der Waals surface area contributed by atoms with Crippen LogP contribution >= 0.6 is 11.3 Å². The largest absolute Gasteiger partial charge is 0.491 e. The fourth-order valence-corrected chi connectivity index (χ4v) is 12.0. The number of alkyl carbamates (subject to hydrolysis) is 1. The van der Waals surface area contributed by atoms with Crippen LogP contribution in [0.1, 0.15) is 140 Å². The van der Waals surface area contributed by atoms with Crippen LogP contribution in [0.4, 0.5) is 10.5 Å². The fourth-order valence-electron chi connectivity index (χ4n) is 11.1. The van der Waals surface area contributed by atoms with Crippen LogP contribution in [0.5, 0.6) is 5.75 Å². The SMILES string of the molecule is Cc1ncsc1-c1ccc(C2(CC(=O)[C@@H]3C[C@@H](O)CN3C(=O)[C@@H](NC(=O)CCCCCc3cccc(OC[C@H](CCC(N)=O)NC(=O)[C@@H]4Cc5cccc6c5N4C(=O)[C@@H](NC(=O)OC(C)(C)C)CC6)c3)C(C)(C)C)CC2)cc1. The molecule has 78 heavy (non-hydrogen) atoms. The molecule has 6 N–H and O–H groups in total. The van der Waals surface area contributed by atoms with Crippen LogP contribution in [0.25, 0.3) is 10.4 Å². The number of ether oxygens (including phenoxy) is 2. The number of unbranched alkanes of at least 4 members (excludes halogenated alkanes) is 2. The van der Waals surface area contributed by atoms with E-state index >= 15 is 0 Å². The third kappa shape index (κ3) is 14.1. The number of aromatic nitrogens is 1. The molecular formula is C60H77N7O10S. The number of rotatable bonds is 22. The summed E-state index contributed by atoms with van der Waals surface area (Å²) in [7, 11) is 0. The van der Waals surface area contributed by atoms with Crippen LogP contribution in [-0.2, 0) is 58.2 Å². The highest BCUT2D eigenvalue weighted by Gasteiger charge is 2.51. The number of carbonyl (C=O) groups is 7. The number of Topliss-reactive ketones (excluding diaryl/α,β-unsaturated/α-hetero) is 1. The van der Waals surface area contributed by atoms with Gasteiger partial charge < -0.3 is 41.2 Å². The Labute approximate surface area is 461 Å². The summed E-state index contributed by atoms with van der Waals surface area (Å²) in [6.07, 6.45) is 4.96. The molecule has 4 aromatic rings. The Morgan fingerprint density at radius 2 is 1.64 bits per heavy atom. The number of hydrogen-bond donors (Lipinski definition) is 5. The molecule has 6 amide bonds. The predicted octanol–water partition coefficient (Wildman–Crippen LogP) is 7.33. The van der Waals surface area contributed by atoms with Gasteiger partial charge in [-0.05, 0) is 124 Å². The van der Waals surface area contributed by atoms with Crippen LogP contribution in [0, 0.1) is 12.3 Å². The molecule has 4 heterocycles. The van der Waals surface area contributed by atoms with E-state index in [0.717, 1.165) is 64.1 Å². The van der Waals surface area contributed by atoms with Crippen molar-refractivity contribution in [3.05, 3.63) is 100 Å². The number of carbonyl (C=O) groups excluding carboxylic acids is 7. The number of aliphatic hydroxyl groups excluding tert-OH is 1. The van der Waals surface area contributed by atoms with Gasteiger partial charge in [0, 0.05) is 44.1 Å². The van der Waals surface area contributed by atoms with E-state index in [1.165, 1.54) is 9.80 Å². The summed E-state index contributed by atoms with van der Waals surface area (Å²) in [4.78, 5) is 104. The first kappa shape index (κ1) is 57.5. The first-order valence-corrected chi connectivity index (χ1v) is 28.4. The molecule has 0 bridgehead atoms. The number of anilines is 1. The Balaban J connectivity index is 0.811. The molecule has 1 saturated carbocycles. The van der Waals surface area contributed by atoms with Gasteiger partial charge in [-0.1, -0.05) is 81.8 Å². The topological polar surface area (TPSA) is 240 Å². The highest BCUT2D eigenvalue weighted by molar-refractivity contribution is 7.13. The number of likely N-dealkylation sites (tertiary alicyclic amines) is 1. The first-order chi connectivity index (χ1) is 37.0. The van der Waals surface area contributed by atoms with Gasteiger partial charge in [-0.25, -0.2) is 9.78 Å². The van der Waals surface area contributed by atoms with Gasteiger partial charge in [-0.15, -0.1) is 11.3 Å². The van der Waals surface area contributed by atoms with Gasteiger partial charge in [-0.3, -0.25) is 33.7 Å². The second-order valence-electron chi connectivity index (χ2n) is 23.9. The number of nitrogens with zero attached hydrogens (tertiary/aromatic N) is 3. The number of nitrogens with one attached hydrogen (secondary N) is 3. The quantitative estimate of drug-likeness (QED) is 0.0488. The molecule has 4 aliphatic rings. The smallest absolute Gasteiger partial charge is 0.408 e. The van der Waals surface area contributed by atoms with Gasteiger partial charge in [0.2, 0.25) is 29.5 Å². The molecule has 1 aliphatic carbocycles. The van der Waals surface area contributed by atoms with Crippen molar-refractivity contribution < 1.29 is 48.1 Å². The van der Waals surface area contributed by atoms with Crippen molar-refractivity contribution >= 4 is 58.4 Å². The van der Waals surface area contributed by atoms with E-state index in [9.17, 15) is 38.7 Å². The summed E-state index contributed by atoms with van der Waals surface area (Å²) in [6.45, 7) is 12.9. The number of nitrogens with two attached hydrogens (primary N) is 1. The van der Waals surface area contributed by atoms with Crippen molar-refractivity contribution in [1.29, 1.82) is 0 Å². The Kier molecular flexibility index (Phi) is 17.8. The van der Waals surface area contributed by atoms with Crippen LogP contribution in [-0.4, -0.2) is 111 Å². The molecule has 0 unspecified atom stereocenters. The van der Waals surface area contributed by atoms with Crippen molar-refractivity contribution in [3.63, 3.8) is 0 Å². The molecule has 17 nitrogen and oxygen atoms in total. The Morgan fingerprint density at radius 1 is 0.910 bits per heavy atom. The van der Waals surface area contributed by atoms with E-state index in [-0.39, 0.29) is 74.7 Å². The first-order valence-electron chi connectivity index (χ1n) is 27.5. The van der Waals surface area contributed by atoms with Crippen LogP contribution in [0.3, 0.4) is 0 Å². The number of ketones is 1. The molecular weight excluding hydrogens is 1010 g/mol. The lowest BCUT2D eigenvalue weighted by atomic mass is 9.84. The Morgan fingerprint density at radius 3 is 2.32 bits per heavy atom. The van der Waals surface area contributed by atoms with E-state index in [2.05, 4.69) is 45.2 Å². The van der Waals surface area contributed by atoms with Gasteiger partial charge in [0.05, 0.1) is 40.0 Å². The number of β-amino-alcohol motifs (C(OH)–C–C–N with tert-alkyl or cyclic N) is 1. The van der Waals surface area contributed by atoms with Crippen molar-refractivity contribution in [3.8, 4) is 16.2 Å². The Hall–Kier alpha value is -6.66. The molecule has 1 aromatic heterocycles. The van der Waals surface area contributed by atoms with Gasteiger partial charge in [0.1, 0.15) is 36.1 Å². The zero-order valence-electron chi connectivity index (χ0n) is 46.2. The minimum atomic E-state index is -0.912. The number of aliphatic hydroxyl groups is 1. The lowest BCUT2D eigenvalue weighted by Crippen LogP contribution is -2.56. The highest BCUT2D eigenvalue weighted by Crippen LogP contribution is 2.52. The zero-order chi connectivity index (χ0) is 56.1. The highest BCUT2D eigenvalue weighted by atomic mass is 32.1. The van der Waals surface area contributed by atoms with Crippen molar-refractivity contribution in [2.45, 2.75) is 186 Å². The maximum Gasteiger partial charge on any atom is 0.408 e. The summed E-state index contributed by atoms with van der Waals surface area (Å²) >= 11 is 1.60. The van der Waals surface area contributed by atoms with E-state index in [4.69, 9.17) is 15.2 Å². The molecule has 418 valence electrons. The third-order valence-corrected chi connectivity index (χ3v) is 16.4. The summed E-state index contributed by atoms with van der Waals surface area (Å²) in [5, 5.41) is 19.6. The molecule has 2 fully saturated rings. The van der Waals surface area contributed by atoms with Crippen LogP contribution < -0.4 is 31.3 Å². The molecule has 6 atom stereocenters. The summed E-state index contributed by atoms with van der Waals surface area (Å²) < 4.78 is 11.7. The van der Waals surface area contributed by atoms with E-state index in [1.807, 2.05) is 75.7 Å². The number of aryl methyl sites for hydroxylation is 3. The van der Waals surface area contributed by atoms with Gasteiger partial charge in [-0.2, -0.15) is 0 Å². The number of thiazole rings is 1. The molecule has 1 saturated heterocycles. The van der Waals surface area contributed by atoms with Gasteiger partial charge in [0.25, 0.3) is 0 Å². The second kappa shape index (κ2) is 24.1. The maximum absolute atomic E-state index is 14.4. The minimum absolute atomic E-state index is 0.00409. The minimum Gasteiger partial charge on any atom is -0.491 e. The van der Waals surface area contributed by atoms with Crippen molar-refractivity contribution in [2.24, 2.45) is 11.1 Å². The fraction of sp³-hybridized carbons (Fsp3) is 0.533. The molecule has 0 spiro atoms. The normalized spacial score (nSPS) is 20.2. The summed E-state index contributed by atoms with van der Waals surface area (Å²) in [6, 6.07) is 17.6. The molecule has 18 heteroatoms. The zero-order valence-corrected chi connectivity index (χ0v) is 47.0. The predicted molar refractivity (Wildman–Crippen MR) is 298 cm³/mol. The Bertz CT molecular complexity index is 2870. The van der Waals surface area contributed by atoms with E-state index in [0.29, 0.717) is 37.1 Å².